The smallest absolute Gasteiger partial charge is 0.323 e. The molecule has 6 heteroatoms. The molecule has 13 heavy (non-hydrogen) atoms. The first-order valence-electron chi connectivity index (χ1n) is 3.92. The summed E-state index contributed by atoms with van der Waals surface area (Å²) in [4.78, 5) is 11.9. The van der Waals surface area contributed by atoms with Crippen molar-refractivity contribution in [1.82, 2.24) is 4.90 Å². The van der Waals surface area contributed by atoms with Gasteiger partial charge in [-0.15, -0.1) is 0 Å². The quantitative estimate of drug-likeness (QED) is 0.364. The molecule has 0 saturated carbocycles. The summed E-state index contributed by atoms with van der Waals surface area (Å²) in [5.41, 5.74) is 0. The number of piperidine rings is 1. The third kappa shape index (κ3) is 1.80. The fraction of sp³-hybridized carbons (Fsp3) is 0.857. The molecule has 0 aromatic heterocycles. The Balaban J connectivity index is 2.79. The van der Waals surface area contributed by atoms with E-state index in [2.05, 4.69) is 0 Å². The van der Waals surface area contributed by atoms with Crippen molar-refractivity contribution in [3.05, 3.63) is 0 Å². The lowest BCUT2D eigenvalue weighted by Crippen LogP contribution is -2.62. The maximum atomic E-state index is 10.6. The summed E-state index contributed by atoms with van der Waals surface area (Å²) in [5.74, 6) is -1.21. The number of aliphatic hydroxyl groups excluding tert-OH is 3. The van der Waals surface area contributed by atoms with Gasteiger partial charge in [0.1, 0.15) is 18.2 Å². The second-order valence-corrected chi connectivity index (χ2v) is 3.27. The van der Waals surface area contributed by atoms with Crippen LogP contribution in [0.2, 0.25) is 0 Å². The van der Waals surface area contributed by atoms with Gasteiger partial charge in [0, 0.05) is 6.54 Å². The molecule has 1 rings (SSSR count). The highest BCUT2D eigenvalue weighted by molar-refractivity contribution is 5.74. The topological polar surface area (TPSA) is 101 Å². The predicted molar refractivity (Wildman–Crippen MR) is 42.1 cm³/mol. The van der Waals surface area contributed by atoms with Gasteiger partial charge in [-0.2, -0.15) is 0 Å². The van der Waals surface area contributed by atoms with Crippen molar-refractivity contribution in [2.75, 3.05) is 13.6 Å². The zero-order chi connectivity index (χ0) is 10.2. The van der Waals surface area contributed by atoms with E-state index in [1.807, 2.05) is 0 Å². The van der Waals surface area contributed by atoms with E-state index >= 15 is 0 Å². The van der Waals surface area contributed by atoms with Crippen molar-refractivity contribution in [3.8, 4) is 0 Å². The van der Waals surface area contributed by atoms with Gasteiger partial charge in [-0.05, 0) is 7.05 Å². The molecular weight excluding hydrogens is 178 g/mol. The van der Waals surface area contributed by atoms with E-state index in [0.717, 1.165) is 0 Å². The molecule has 0 radical (unpaired) electrons. The molecule has 0 spiro atoms. The first-order chi connectivity index (χ1) is 5.95. The van der Waals surface area contributed by atoms with E-state index in [9.17, 15) is 20.1 Å². The number of nitrogens with zero attached hydrogens (tertiary/aromatic N) is 1. The van der Waals surface area contributed by atoms with E-state index in [-0.39, 0.29) is 6.54 Å². The van der Waals surface area contributed by atoms with Crippen LogP contribution >= 0.6 is 0 Å². The molecule has 1 saturated heterocycles. The number of carboxylic acids is 1. The lowest BCUT2D eigenvalue weighted by atomic mass is 9.94. The molecule has 6 nitrogen and oxygen atoms in total. The Morgan fingerprint density at radius 2 is 1.85 bits per heavy atom. The zero-order valence-electron chi connectivity index (χ0n) is 7.16. The molecule has 1 aliphatic heterocycles. The molecule has 0 aromatic carbocycles. The van der Waals surface area contributed by atoms with Crippen LogP contribution in [0.25, 0.3) is 0 Å². The van der Waals surface area contributed by atoms with Crippen molar-refractivity contribution >= 4 is 5.97 Å². The van der Waals surface area contributed by atoms with E-state index < -0.39 is 30.3 Å². The number of aliphatic carboxylic acids is 1. The number of hydrogen-bond acceptors (Lipinski definition) is 5. The predicted octanol–water partition coefficient (Wildman–Crippen LogP) is -2.53. The third-order valence-electron chi connectivity index (χ3n) is 2.27. The minimum absolute atomic E-state index is 0.0369. The van der Waals surface area contributed by atoms with E-state index in [0.29, 0.717) is 0 Å². The van der Waals surface area contributed by atoms with Crippen LogP contribution in [0.1, 0.15) is 0 Å². The number of carbonyl (C=O) groups is 1. The van der Waals surface area contributed by atoms with Gasteiger partial charge in [0.15, 0.2) is 0 Å². The molecule has 0 amide bonds. The van der Waals surface area contributed by atoms with Gasteiger partial charge in [0.05, 0.1) is 6.10 Å². The lowest BCUT2D eigenvalue weighted by Gasteiger charge is -2.39. The van der Waals surface area contributed by atoms with Crippen LogP contribution in [-0.4, -0.2) is 69.2 Å². The Morgan fingerprint density at radius 1 is 1.31 bits per heavy atom. The third-order valence-corrected chi connectivity index (χ3v) is 2.27. The van der Waals surface area contributed by atoms with Crippen molar-refractivity contribution in [1.29, 1.82) is 0 Å². The Morgan fingerprint density at radius 3 is 2.31 bits per heavy atom. The molecule has 1 aliphatic rings. The Hall–Kier alpha value is -0.690. The summed E-state index contributed by atoms with van der Waals surface area (Å²) < 4.78 is 0. The SMILES string of the molecule is CN1C[C@H](O)[C@@H](O)[C@H](O)[C@H]1C(=O)O. The summed E-state index contributed by atoms with van der Waals surface area (Å²) >= 11 is 0. The monoisotopic (exact) mass is 191 g/mol. The molecule has 1 fully saturated rings. The highest BCUT2D eigenvalue weighted by Crippen LogP contribution is 2.17. The zero-order valence-corrected chi connectivity index (χ0v) is 7.16. The van der Waals surface area contributed by atoms with Crippen LogP contribution in [0.4, 0.5) is 0 Å². The Bertz CT molecular complexity index is 209. The van der Waals surface area contributed by atoms with Crippen molar-refractivity contribution < 1.29 is 25.2 Å². The summed E-state index contributed by atoms with van der Waals surface area (Å²) in [6.45, 7) is 0.0369. The van der Waals surface area contributed by atoms with Crippen molar-refractivity contribution in [2.45, 2.75) is 24.4 Å². The Labute approximate surface area is 75.0 Å². The largest absolute Gasteiger partial charge is 0.480 e. The standard InChI is InChI=1S/C7H13NO5/c1-8-2-3(9)5(10)6(11)4(8)7(12)13/h3-6,9-11H,2H2,1H3,(H,12,13)/t3-,4-,5+,6+/m0/s1. The van der Waals surface area contributed by atoms with Gasteiger partial charge in [-0.25, -0.2) is 0 Å². The number of carboxylic acid groups (broad SMARTS) is 1. The van der Waals surface area contributed by atoms with Crippen LogP contribution in [0.15, 0.2) is 0 Å². The lowest BCUT2D eigenvalue weighted by molar-refractivity contribution is -0.167. The molecule has 4 N–H and O–H groups in total. The number of likely N-dealkylation sites (N-methyl/N-ethyl adjacent to an activating group) is 1. The van der Waals surface area contributed by atoms with E-state index in [1.165, 1.54) is 11.9 Å². The normalized spacial score (nSPS) is 41.8. The number of likely N-dealkylation sites (tertiary alicyclic amines) is 1. The van der Waals surface area contributed by atoms with Gasteiger partial charge in [0.2, 0.25) is 0 Å². The maximum Gasteiger partial charge on any atom is 0.323 e. The highest BCUT2D eigenvalue weighted by Gasteiger charge is 2.43. The molecule has 0 aliphatic carbocycles. The maximum absolute atomic E-state index is 10.6. The number of aliphatic hydroxyl groups is 3. The average molecular weight is 191 g/mol. The summed E-state index contributed by atoms with van der Waals surface area (Å²) in [6, 6.07) is -1.15. The van der Waals surface area contributed by atoms with Crippen LogP contribution in [0.3, 0.4) is 0 Å². The van der Waals surface area contributed by atoms with Crippen molar-refractivity contribution in [3.63, 3.8) is 0 Å². The number of β-amino-alcohol motifs (C(OH)–C–C–N with tert-alkyl or cyclic N) is 1. The second-order valence-electron chi connectivity index (χ2n) is 3.27. The van der Waals surface area contributed by atoms with Gasteiger partial charge < -0.3 is 20.4 Å². The minimum atomic E-state index is -1.45. The van der Waals surface area contributed by atoms with E-state index in [1.54, 1.807) is 0 Å². The molecular formula is C7H13NO5. The fourth-order valence-electron chi connectivity index (χ4n) is 1.53. The number of rotatable bonds is 1. The first kappa shape index (κ1) is 10.4. The Kier molecular flexibility index (Phi) is 2.87. The van der Waals surface area contributed by atoms with Gasteiger partial charge in [-0.3, -0.25) is 9.69 Å². The molecule has 0 bridgehead atoms. The molecule has 1 heterocycles. The minimum Gasteiger partial charge on any atom is -0.480 e. The molecule has 76 valence electrons. The number of hydrogen-bond donors (Lipinski definition) is 4. The van der Waals surface area contributed by atoms with Crippen LogP contribution in [0.5, 0.6) is 0 Å². The van der Waals surface area contributed by atoms with Gasteiger partial charge in [-0.1, -0.05) is 0 Å². The van der Waals surface area contributed by atoms with Crippen LogP contribution < -0.4 is 0 Å². The highest BCUT2D eigenvalue weighted by atomic mass is 16.4. The second kappa shape index (κ2) is 3.59. The molecule has 0 aromatic rings. The molecule has 0 unspecified atom stereocenters. The van der Waals surface area contributed by atoms with Crippen molar-refractivity contribution in [2.24, 2.45) is 0 Å². The summed E-state index contributed by atoms with van der Waals surface area (Å²) in [6.07, 6.45) is -3.95. The molecule has 4 atom stereocenters. The fourth-order valence-corrected chi connectivity index (χ4v) is 1.53. The van der Waals surface area contributed by atoms with Gasteiger partial charge in [0.25, 0.3) is 0 Å². The van der Waals surface area contributed by atoms with E-state index in [4.69, 9.17) is 5.11 Å². The van der Waals surface area contributed by atoms with Gasteiger partial charge >= 0.3 is 5.97 Å². The summed E-state index contributed by atoms with van der Waals surface area (Å²) in [7, 11) is 1.47. The average Bonchev–Trinajstić information content (AvgIpc) is 1.99. The summed E-state index contributed by atoms with van der Waals surface area (Å²) in [5, 5.41) is 36.4. The first-order valence-corrected chi connectivity index (χ1v) is 3.92. The van der Waals surface area contributed by atoms with Crippen LogP contribution in [-0.2, 0) is 4.79 Å². The van der Waals surface area contributed by atoms with Crippen LogP contribution in [0, 0.1) is 0 Å².